The van der Waals surface area contributed by atoms with Crippen LogP contribution >= 0.6 is 0 Å². The lowest BCUT2D eigenvalue weighted by atomic mass is 10.1. The maximum atomic E-state index is 12.3. The number of hydrogen-bond acceptors (Lipinski definition) is 3. The highest BCUT2D eigenvalue weighted by Crippen LogP contribution is 2.13. The van der Waals surface area contributed by atoms with Gasteiger partial charge in [-0.25, -0.2) is 0 Å². The van der Waals surface area contributed by atoms with Crippen LogP contribution in [-0.4, -0.2) is 23.9 Å². The fourth-order valence-corrected chi connectivity index (χ4v) is 2.83. The minimum Gasteiger partial charge on any atom is -0.352 e. The van der Waals surface area contributed by atoms with Crippen molar-refractivity contribution in [2.45, 2.75) is 26.9 Å². The third-order valence-corrected chi connectivity index (χ3v) is 4.12. The molecule has 0 unspecified atom stereocenters. The minimum absolute atomic E-state index is 0.0393. The molecule has 140 valence electrons. The molecule has 2 aromatic carbocycles. The number of carbonyl (C=O) groups excluding carboxylic acids is 1. The first kappa shape index (κ1) is 20.4. The molecule has 0 spiro atoms. The SMILES string of the molecule is C=CCN(Cc1cccc(C#N)c1)Cc1cccc(C(=O)NCC(C)C)c1. The smallest absolute Gasteiger partial charge is 0.251 e. The zero-order chi connectivity index (χ0) is 19.6. The van der Waals surface area contributed by atoms with Crippen LogP contribution in [0.5, 0.6) is 0 Å². The summed E-state index contributed by atoms with van der Waals surface area (Å²) in [7, 11) is 0. The van der Waals surface area contributed by atoms with E-state index in [1.807, 2.05) is 48.5 Å². The van der Waals surface area contributed by atoms with Crippen molar-refractivity contribution in [2.24, 2.45) is 5.92 Å². The molecule has 27 heavy (non-hydrogen) atoms. The summed E-state index contributed by atoms with van der Waals surface area (Å²) in [6.07, 6.45) is 1.87. The molecule has 4 nitrogen and oxygen atoms in total. The first-order chi connectivity index (χ1) is 13.0. The minimum atomic E-state index is -0.0393. The molecule has 1 N–H and O–H groups in total. The van der Waals surface area contributed by atoms with Gasteiger partial charge in [-0.3, -0.25) is 9.69 Å². The Morgan fingerprint density at radius 2 is 1.85 bits per heavy atom. The summed E-state index contributed by atoms with van der Waals surface area (Å²) in [5.41, 5.74) is 3.50. The maximum Gasteiger partial charge on any atom is 0.251 e. The van der Waals surface area contributed by atoms with E-state index in [9.17, 15) is 4.79 Å². The average molecular weight is 361 g/mol. The van der Waals surface area contributed by atoms with Gasteiger partial charge in [0.05, 0.1) is 11.6 Å². The van der Waals surface area contributed by atoms with Crippen molar-refractivity contribution in [1.82, 2.24) is 10.2 Å². The zero-order valence-corrected chi connectivity index (χ0v) is 16.1. The monoisotopic (exact) mass is 361 g/mol. The molecule has 0 aliphatic carbocycles. The highest BCUT2D eigenvalue weighted by Gasteiger charge is 2.10. The van der Waals surface area contributed by atoms with Crippen LogP contribution in [0.3, 0.4) is 0 Å². The van der Waals surface area contributed by atoms with Gasteiger partial charge in [-0.1, -0.05) is 44.2 Å². The van der Waals surface area contributed by atoms with E-state index in [2.05, 4.69) is 36.7 Å². The normalized spacial score (nSPS) is 10.6. The number of carbonyl (C=O) groups is 1. The molecule has 0 radical (unpaired) electrons. The summed E-state index contributed by atoms with van der Waals surface area (Å²) in [5.74, 6) is 0.381. The van der Waals surface area contributed by atoms with Crippen molar-refractivity contribution in [2.75, 3.05) is 13.1 Å². The Bertz CT molecular complexity index is 820. The molecule has 0 bridgehead atoms. The van der Waals surface area contributed by atoms with E-state index in [4.69, 9.17) is 5.26 Å². The van der Waals surface area contributed by atoms with Gasteiger partial charge in [0.15, 0.2) is 0 Å². The first-order valence-corrected chi connectivity index (χ1v) is 9.21. The van der Waals surface area contributed by atoms with E-state index in [1.54, 1.807) is 6.07 Å². The molecular weight excluding hydrogens is 334 g/mol. The molecule has 2 rings (SSSR count). The summed E-state index contributed by atoms with van der Waals surface area (Å²) in [6.45, 7) is 10.8. The highest BCUT2D eigenvalue weighted by atomic mass is 16.1. The Morgan fingerprint density at radius 1 is 1.19 bits per heavy atom. The fraction of sp³-hybridized carbons (Fsp3) is 0.304. The van der Waals surface area contributed by atoms with Crippen molar-refractivity contribution in [1.29, 1.82) is 5.26 Å². The van der Waals surface area contributed by atoms with Crippen molar-refractivity contribution in [3.05, 3.63) is 83.4 Å². The number of nitriles is 1. The standard InChI is InChI=1S/C23H27N3O/c1-4-11-26(16-20-8-5-7-19(12-20)14-24)17-21-9-6-10-22(13-21)23(27)25-15-18(2)3/h4-10,12-13,18H,1,11,15-17H2,2-3H3,(H,25,27). The average Bonchev–Trinajstić information content (AvgIpc) is 2.66. The Balaban J connectivity index is 2.09. The van der Waals surface area contributed by atoms with Crippen LogP contribution in [-0.2, 0) is 13.1 Å². The van der Waals surface area contributed by atoms with Crippen LogP contribution in [0.4, 0.5) is 0 Å². The third-order valence-electron chi connectivity index (χ3n) is 4.12. The van der Waals surface area contributed by atoms with Crippen molar-refractivity contribution in [3.8, 4) is 6.07 Å². The molecule has 0 aliphatic heterocycles. The van der Waals surface area contributed by atoms with Crippen molar-refractivity contribution >= 4 is 5.91 Å². The zero-order valence-electron chi connectivity index (χ0n) is 16.1. The van der Waals surface area contributed by atoms with Crippen LogP contribution in [0.25, 0.3) is 0 Å². The molecule has 0 aromatic heterocycles. The van der Waals surface area contributed by atoms with Crippen molar-refractivity contribution in [3.63, 3.8) is 0 Å². The number of nitrogens with one attached hydrogen (secondary N) is 1. The molecule has 0 saturated carbocycles. The molecule has 0 fully saturated rings. The predicted octanol–water partition coefficient (Wildman–Crippen LogP) is 4.13. The summed E-state index contributed by atoms with van der Waals surface area (Å²) < 4.78 is 0. The van der Waals surface area contributed by atoms with Gasteiger partial charge in [-0.2, -0.15) is 5.26 Å². The van der Waals surface area contributed by atoms with Crippen LogP contribution < -0.4 is 5.32 Å². The molecule has 2 aromatic rings. The molecule has 0 atom stereocenters. The summed E-state index contributed by atoms with van der Waals surface area (Å²) in [5, 5.41) is 12.0. The highest BCUT2D eigenvalue weighted by molar-refractivity contribution is 5.94. The second-order valence-corrected chi connectivity index (χ2v) is 7.07. The van der Waals surface area contributed by atoms with Crippen LogP contribution in [0, 0.1) is 17.2 Å². The lowest BCUT2D eigenvalue weighted by Crippen LogP contribution is -2.27. The summed E-state index contributed by atoms with van der Waals surface area (Å²) in [6, 6.07) is 17.5. The maximum absolute atomic E-state index is 12.3. The van der Waals surface area contributed by atoms with Crippen molar-refractivity contribution < 1.29 is 4.79 Å². The van der Waals surface area contributed by atoms with E-state index in [0.717, 1.165) is 17.7 Å². The van der Waals surface area contributed by atoms with Gasteiger partial charge in [0.25, 0.3) is 5.91 Å². The molecule has 0 aliphatic rings. The summed E-state index contributed by atoms with van der Waals surface area (Å²) >= 11 is 0. The number of amides is 1. The Morgan fingerprint density at radius 3 is 2.48 bits per heavy atom. The molecular formula is C23H27N3O. The van der Waals surface area contributed by atoms with Crippen LogP contribution in [0.2, 0.25) is 0 Å². The molecule has 0 saturated heterocycles. The van der Waals surface area contributed by atoms with Gasteiger partial charge < -0.3 is 5.32 Å². The third kappa shape index (κ3) is 6.73. The topological polar surface area (TPSA) is 56.1 Å². The largest absolute Gasteiger partial charge is 0.352 e. The summed E-state index contributed by atoms with van der Waals surface area (Å²) in [4.78, 5) is 14.5. The number of nitrogens with zero attached hydrogens (tertiary/aromatic N) is 2. The fourth-order valence-electron chi connectivity index (χ4n) is 2.83. The second-order valence-electron chi connectivity index (χ2n) is 7.07. The van der Waals surface area contributed by atoms with E-state index in [1.165, 1.54) is 0 Å². The van der Waals surface area contributed by atoms with Gasteiger partial charge in [0.1, 0.15) is 0 Å². The molecule has 0 heterocycles. The molecule has 4 heteroatoms. The lowest BCUT2D eigenvalue weighted by Gasteiger charge is -2.21. The van der Waals surface area contributed by atoms with Gasteiger partial charge >= 0.3 is 0 Å². The van der Waals surface area contributed by atoms with E-state index in [0.29, 0.717) is 36.7 Å². The number of rotatable bonds is 9. The van der Waals surface area contributed by atoms with Gasteiger partial charge in [-0.15, -0.1) is 6.58 Å². The Labute approximate surface area is 162 Å². The molecule has 1 amide bonds. The van der Waals surface area contributed by atoms with Crippen LogP contribution in [0.15, 0.2) is 61.2 Å². The predicted molar refractivity (Wildman–Crippen MR) is 109 cm³/mol. The Hall–Kier alpha value is -2.90. The second kappa shape index (κ2) is 10.3. The first-order valence-electron chi connectivity index (χ1n) is 9.21. The van der Waals surface area contributed by atoms with Gasteiger partial charge in [-0.05, 0) is 41.3 Å². The quantitative estimate of drug-likeness (QED) is 0.683. The lowest BCUT2D eigenvalue weighted by molar-refractivity contribution is 0.0949. The van der Waals surface area contributed by atoms with E-state index >= 15 is 0 Å². The van der Waals surface area contributed by atoms with E-state index < -0.39 is 0 Å². The number of hydrogen-bond donors (Lipinski definition) is 1. The van der Waals surface area contributed by atoms with Gasteiger partial charge in [0.2, 0.25) is 0 Å². The number of benzene rings is 2. The van der Waals surface area contributed by atoms with E-state index in [-0.39, 0.29) is 5.91 Å². The van der Waals surface area contributed by atoms with Gasteiger partial charge in [0, 0.05) is 31.7 Å². The van der Waals surface area contributed by atoms with Crippen LogP contribution in [0.1, 0.15) is 40.9 Å². The Kier molecular flexibility index (Phi) is 7.79.